The molecule has 8 heteroatoms. The lowest BCUT2D eigenvalue weighted by atomic mass is 9.86. The largest absolute Gasteiger partial charge is 0.444 e. The van der Waals surface area contributed by atoms with Gasteiger partial charge >= 0.3 is 6.09 Å². The third kappa shape index (κ3) is 4.29. The molecule has 0 fully saturated rings. The summed E-state index contributed by atoms with van der Waals surface area (Å²) >= 11 is 1.44. The highest BCUT2D eigenvalue weighted by Crippen LogP contribution is 2.35. The molecule has 1 amide bonds. The summed E-state index contributed by atoms with van der Waals surface area (Å²) in [6.45, 7) is 11.9. The predicted molar refractivity (Wildman–Crippen MR) is 94.5 cm³/mol. The molecule has 0 aliphatic carbocycles. The van der Waals surface area contributed by atoms with Gasteiger partial charge in [0.05, 0.1) is 10.9 Å². The quantitative estimate of drug-likeness (QED) is 0.881. The number of nitrogens with one attached hydrogen (secondary N) is 1. The number of fused-ring (bicyclic) bond motifs is 1. The fourth-order valence-corrected chi connectivity index (χ4v) is 5.34. The van der Waals surface area contributed by atoms with E-state index >= 15 is 0 Å². The molecule has 0 radical (unpaired) electrons. The van der Waals surface area contributed by atoms with Crippen LogP contribution in [0, 0.1) is 5.41 Å². The van der Waals surface area contributed by atoms with Crippen molar-refractivity contribution in [3.05, 3.63) is 16.3 Å². The molecule has 0 spiro atoms. The van der Waals surface area contributed by atoms with Crippen LogP contribution in [0.5, 0.6) is 0 Å². The van der Waals surface area contributed by atoms with Gasteiger partial charge in [-0.25, -0.2) is 13.2 Å². The smallest absolute Gasteiger partial charge is 0.407 e. The minimum atomic E-state index is -3.48. The molecule has 0 saturated carbocycles. The summed E-state index contributed by atoms with van der Waals surface area (Å²) in [4.78, 5) is 13.4. The number of hydrogen-bond donors (Lipinski definition) is 1. The maximum atomic E-state index is 12.6. The zero-order chi connectivity index (χ0) is 18.3. The van der Waals surface area contributed by atoms with E-state index in [0.717, 1.165) is 4.88 Å². The summed E-state index contributed by atoms with van der Waals surface area (Å²) < 4.78 is 32.0. The predicted octanol–water partition coefficient (Wildman–Crippen LogP) is 3.19. The summed E-state index contributed by atoms with van der Waals surface area (Å²) in [5.41, 5.74) is -0.918. The first-order valence-electron chi connectivity index (χ1n) is 7.87. The molecule has 1 aromatic heterocycles. The van der Waals surface area contributed by atoms with Crippen molar-refractivity contribution >= 4 is 27.5 Å². The van der Waals surface area contributed by atoms with Crippen molar-refractivity contribution in [2.45, 2.75) is 64.6 Å². The second kappa shape index (κ2) is 6.31. The number of nitrogens with zero attached hydrogens (tertiary/aromatic N) is 1. The zero-order valence-electron chi connectivity index (χ0n) is 15.0. The van der Waals surface area contributed by atoms with E-state index in [1.807, 2.05) is 20.8 Å². The van der Waals surface area contributed by atoms with E-state index in [0.29, 0.717) is 11.4 Å². The molecule has 24 heavy (non-hydrogen) atoms. The Morgan fingerprint density at radius 3 is 2.46 bits per heavy atom. The summed E-state index contributed by atoms with van der Waals surface area (Å²) in [5, 5.41) is 4.62. The third-order valence-electron chi connectivity index (χ3n) is 3.76. The van der Waals surface area contributed by atoms with Gasteiger partial charge in [0.25, 0.3) is 0 Å². The van der Waals surface area contributed by atoms with Crippen LogP contribution in [-0.4, -0.2) is 37.0 Å². The molecule has 1 unspecified atom stereocenters. The Hall–Kier alpha value is -1.12. The Morgan fingerprint density at radius 1 is 1.33 bits per heavy atom. The Labute approximate surface area is 148 Å². The maximum absolute atomic E-state index is 12.6. The second-order valence-corrected chi connectivity index (χ2v) is 11.0. The molecule has 2 heterocycles. The average molecular weight is 375 g/mol. The van der Waals surface area contributed by atoms with Gasteiger partial charge in [0, 0.05) is 18.0 Å². The molecule has 1 atom stereocenters. The van der Waals surface area contributed by atoms with E-state index in [2.05, 4.69) is 5.32 Å². The molecular weight excluding hydrogens is 348 g/mol. The summed E-state index contributed by atoms with van der Waals surface area (Å²) in [7, 11) is -3.48. The van der Waals surface area contributed by atoms with Gasteiger partial charge in [-0.05, 0) is 37.6 Å². The van der Waals surface area contributed by atoms with Gasteiger partial charge in [-0.1, -0.05) is 20.8 Å². The lowest BCUT2D eigenvalue weighted by Crippen LogP contribution is -2.51. The molecule has 1 aromatic rings. The van der Waals surface area contributed by atoms with Crippen molar-refractivity contribution in [2.24, 2.45) is 5.41 Å². The third-order valence-corrected chi connectivity index (χ3v) is 6.70. The number of rotatable bonds is 3. The van der Waals surface area contributed by atoms with Crippen LogP contribution in [0.4, 0.5) is 4.79 Å². The first-order chi connectivity index (χ1) is 10.8. The molecular formula is C16H26N2O4S2. The van der Waals surface area contributed by atoms with Gasteiger partial charge in [0.2, 0.25) is 10.0 Å². The van der Waals surface area contributed by atoms with Crippen LogP contribution in [0.3, 0.4) is 0 Å². The van der Waals surface area contributed by atoms with Gasteiger partial charge < -0.3 is 10.1 Å². The molecule has 2 rings (SSSR count). The van der Waals surface area contributed by atoms with Crippen LogP contribution < -0.4 is 5.32 Å². The van der Waals surface area contributed by atoms with Crippen LogP contribution in [0.15, 0.2) is 16.3 Å². The Morgan fingerprint density at radius 2 is 1.96 bits per heavy atom. The van der Waals surface area contributed by atoms with Gasteiger partial charge in [-0.3, -0.25) is 0 Å². The van der Waals surface area contributed by atoms with Crippen molar-refractivity contribution in [1.29, 1.82) is 0 Å². The molecule has 1 aliphatic rings. The number of amides is 1. The minimum Gasteiger partial charge on any atom is -0.444 e. The second-order valence-electron chi connectivity index (χ2n) is 8.07. The van der Waals surface area contributed by atoms with Crippen molar-refractivity contribution in [3.63, 3.8) is 0 Å². The summed E-state index contributed by atoms with van der Waals surface area (Å²) in [6.07, 6.45) is -0.534. The number of ether oxygens (including phenoxy) is 1. The topological polar surface area (TPSA) is 75.7 Å². The lowest BCUT2D eigenvalue weighted by Gasteiger charge is -2.34. The molecule has 0 aromatic carbocycles. The molecule has 136 valence electrons. The number of sulfonamides is 1. The Bertz CT molecular complexity index is 711. The first kappa shape index (κ1) is 19.2. The van der Waals surface area contributed by atoms with Crippen LogP contribution >= 0.6 is 11.3 Å². The average Bonchev–Trinajstić information content (AvgIpc) is 2.89. The van der Waals surface area contributed by atoms with E-state index in [1.54, 1.807) is 32.2 Å². The molecule has 1 aliphatic heterocycles. The van der Waals surface area contributed by atoms with Crippen LogP contribution in [0.2, 0.25) is 0 Å². The molecule has 6 nitrogen and oxygen atoms in total. The van der Waals surface area contributed by atoms with Gasteiger partial charge in [0.15, 0.2) is 0 Å². The van der Waals surface area contributed by atoms with E-state index in [4.69, 9.17) is 4.74 Å². The Balaban J connectivity index is 2.14. The fourth-order valence-electron chi connectivity index (χ4n) is 2.41. The van der Waals surface area contributed by atoms with Crippen LogP contribution in [-0.2, 0) is 21.3 Å². The SMILES string of the molecule is CC(C)(C)OC(=O)NC(CN1Cc2sccc2S1(=O)=O)C(C)(C)C. The summed E-state index contributed by atoms with van der Waals surface area (Å²) in [6, 6.07) is 1.28. The molecule has 0 bridgehead atoms. The van der Waals surface area contributed by atoms with E-state index < -0.39 is 21.7 Å². The van der Waals surface area contributed by atoms with E-state index in [-0.39, 0.29) is 18.0 Å². The highest BCUT2D eigenvalue weighted by Gasteiger charge is 2.39. The molecule has 0 saturated heterocycles. The lowest BCUT2D eigenvalue weighted by molar-refractivity contribution is 0.0452. The minimum absolute atomic E-state index is 0.215. The van der Waals surface area contributed by atoms with E-state index in [9.17, 15) is 13.2 Å². The van der Waals surface area contributed by atoms with Crippen LogP contribution in [0.1, 0.15) is 46.4 Å². The van der Waals surface area contributed by atoms with Crippen molar-refractivity contribution in [1.82, 2.24) is 9.62 Å². The van der Waals surface area contributed by atoms with Crippen LogP contribution in [0.25, 0.3) is 0 Å². The highest BCUT2D eigenvalue weighted by atomic mass is 32.2. The van der Waals surface area contributed by atoms with Crippen molar-refractivity contribution < 1.29 is 17.9 Å². The standard InChI is InChI=1S/C16H26N2O4S2/c1-15(2,3)13(17-14(19)22-16(4,5)6)10-18-9-11-12(7-8-23-11)24(18,20)21/h7-8,13H,9-10H2,1-6H3,(H,17,19). The van der Waals surface area contributed by atoms with Gasteiger partial charge in [0.1, 0.15) is 5.60 Å². The number of carbonyl (C=O) groups is 1. The van der Waals surface area contributed by atoms with Gasteiger partial charge in [-0.2, -0.15) is 4.31 Å². The van der Waals surface area contributed by atoms with Gasteiger partial charge in [-0.15, -0.1) is 11.3 Å². The van der Waals surface area contributed by atoms with Crippen molar-refractivity contribution in [3.8, 4) is 0 Å². The summed E-state index contributed by atoms with van der Waals surface area (Å²) in [5.74, 6) is 0. The highest BCUT2D eigenvalue weighted by molar-refractivity contribution is 7.89. The maximum Gasteiger partial charge on any atom is 0.407 e. The first-order valence-corrected chi connectivity index (χ1v) is 10.2. The number of hydrogen-bond acceptors (Lipinski definition) is 5. The normalized spacial score (nSPS) is 18.9. The molecule has 1 N–H and O–H groups in total. The number of alkyl carbamates (subject to hydrolysis) is 1. The fraction of sp³-hybridized carbons (Fsp3) is 0.688. The zero-order valence-corrected chi connectivity index (χ0v) is 16.7. The van der Waals surface area contributed by atoms with E-state index in [1.165, 1.54) is 15.6 Å². The monoisotopic (exact) mass is 374 g/mol. The van der Waals surface area contributed by atoms with Crippen molar-refractivity contribution in [2.75, 3.05) is 6.54 Å². The Kier molecular flexibility index (Phi) is 5.05. The number of carbonyl (C=O) groups excluding carboxylic acids is 1. The number of thiophene rings is 1.